The van der Waals surface area contributed by atoms with Crippen molar-refractivity contribution in [3.63, 3.8) is 0 Å². The highest BCUT2D eigenvalue weighted by Crippen LogP contribution is 2.25. The lowest BCUT2D eigenvalue weighted by Crippen LogP contribution is -2.48. The minimum absolute atomic E-state index is 0.145. The Hall–Kier alpha value is -2.35. The Bertz CT molecular complexity index is 650. The van der Waals surface area contributed by atoms with E-state index in [4.69, 9.17) is 5.11 Å². The number of hydrazine groups is 1. The summed E-state index contributed by atoms with van der Waals surface area (Å²) in [5.41, 5.74) is -1.71. The zero-order valence-electron chi connectivity index (χ0n) is 9.87. The molecule has 1 aromatic rings. The lowest BCUT2D eigenvalue weighted by molar-refractivity contribution is -0.0102. The lowest BCUT2D eigenvalue weighted by atomic mass is 10.2. The molecule has 19 heavy (non-hydrogen) atoms. The predicted octanol–water partition coefficient (Wildman–Crippen LogP) is -0.714. The number of carboxylic acids is 1. The van der Waals surface area contributed by atoms with E-state index in [1.165, 1.54) is 9.58 Å². The van der Waals surface area contributed by atoms with Crippen molar-refractivity contribution in [3.05, 3.63) is 27.7 Å². The van der Waals surface area contributed by atoms with Crippen LogP contribution < -0.4 is 5.43 Å². The SMILES string of the molecule is O=C(O)c1cn2c(c(O)c1=O)C(=O)N1CCCN1C2. The maximum absolute atomic E-state index is 12.2. The zero-order valence-corrected chi connectivity index (χ0v) is 9.87. The Kier molecular flexibility index (Phi) is 2.36. The fourth-order valence-corrected chi connectivity index (χ4v) is 2.48. The summed E-state index contributed by atoms with van der Waals surface area (Å²) in [6.45, 7) is 1.46. The van der Waals surface area contributed by atoms with Crippen LogP contribution in [-0.2, 0) is 6.67 Å². The predicted molar refractivity (Wildman–Crippen MR) is 61.7 cm³/mol. The average Bonchev–Trinajstić information content (AvgIpc) is 2.81. The molecule has 100 valence electrons. The molecule has 1 fully saturated rings. The Morgan fingerprint density at radius 1 is 1.26 bits per heavy atom. The van der Waals surface area contributed by atoms with Crippen LogP contribution in [0.4, 0.5) is 0 Å². The molecule has 0 aliphatic carbocycles. The van der Waals surface area contributed by atoms with Crippen molar-refractivity contribution in [2.75, 3.05) is 13.1 Å². The molecular formula is C11H11N3O5. The molecule has 0 saturated carbocycles. The molecule has 3 heterocycles. The molecule has 2 aliphatic rings. The maximum Gasteiger partial charge on any atom is 0.341 e. The second-order valence-electron chi connectivity index (χ2n) is 4.50. The molecule has 3 rings (SSSR count). The smallest absolute Gasteiger partial charge is 0.341 e. The van der Waals surface area contributed by atoms with Crippen molar-refractivity contribution in [1.29, 1.82) is 0 Å². The summed E-state index contributed by atoms with van der Waals surface area (Å²) >= 11 is 0. The van der Waals surface area contributed by atoms with Crippen LogP contribution in [-0.4, -0.2) is 49.8 Å². The minimum Gasteiger partial charge on any atom is -0.503 e. The van der Waals surface area contributed by atoms with Crippen LogP contribution in [0.5, 0.6) is 5.75 Å². The number of fused-ring (bicyclic) bond motifs is 2. The van der Waals surface area contributed by atoms with E-state index < -0.39 is 28.6 Å². The van der Waals surface area contributed by atoms with E-state index in [-0.39, 0.29) is 12.4 Å². The van der Waals surface area contributed by atoms with E-state index in [0.29, 0.717) is 13.1 Å². The highest BCUT2D eigenvalue weighted by molar-refractivity contribution is 5.97. The van der Waals surface area contributed by atoms with E-state index >= 15 is 0 Å². The summed E-state index contributed by atoms with van der Waals surface area (Å²) < 4.78 is 1.31. The van der Waals surface area contributed by atoms with E-state index in [2.05, 4.69) is 0 Å². The average molecular weight is 265 g/mol. The quantitative estimate of drug-likeness (QED) is 0.695. The van der Waals surface area contributed by atoms with Crippen LogP contribution >= 0.6 is 0 Å². The molecule has 1 aromatic heterocycles. The van der Waals surface area contributed by atoms with Crippen molar-refractivity contribution in [2.45, 2.75) is 13.1 Å². The third kappa shape index (κ3) is 1.53. The van der Waals surface area contributed by atoms with Gasteiger partial charge >= 0.3 is 5.97 Å². The van der Waals surface area contributed by atoms with Crippen molar-refractivity contribution in [1.82, 2.24) is 14.6 Å². The molecule has 0 radical (unpaired) electrons. The van der Waals surface area contributed by atoms with E-state index in [1.807, 2.05) is 0 Å². The van der Waals surface area contributed by atoms with Crippen LogP contribution in [0.2, 0.25) is 0 Å². The van der Waals surface area contributed by atoms with Crippen LogP contribution in [0.1, 0.15) is 27.3 Å². The topological polar surface area (TPSA) is 103 Å². The molecule has 1 saturated heterocycles. The normalized spacial score (nSPS) is 18.3. The third-order valence-electron chi connectivity index (χ3n) is 3.37. The van der Waals surface area contributed by atoms with Gasteiger partial charge in [-0.25, -0.2) is 4.79 Å². The highest BCUT2D eigenvalue weighted by atomic mass is 16.4. The molecule has 2 N–H and O–H groups in total. The number of pyridine rings is 1. The highest BCUT2D eigenvalue weighted by Gasteiger charge is 2.37. The summed E-state index contributed by atoms with van der Waals surface area (Å²) in [6.07, 6.45) is 1.91. The zero-order chi connectivity index (χ0) is 13.7. The summed E-state index contributed by atoms with van der Waals surface area (Å²) in [5, 5.41) is 21.9. The molecule has 8 heteroatoms. The van der Waals surface area contributed by atoms with Crippen LogP contribution in [0.15, 0.2) is 11.0 Å². The standard InChI is InChI=1S/C11H11N3O5/c15-8-6(11(18)19)4-12-5-13-2-1-3-14(13)10(17)7(12)9(8)16/h4,16H,1-3,5H2,(H,18,19). The van der Waals surface area contributed by atoms with Crippen molar-refractivity contribution in [3.8, 4) is 5.75 Å². The Balaban J connectivity index is 2.22. The molecular weight excluding hydrogens is 254 g/mol. The van der Waals surface area contributed by atoms with Gasteiger partial charge in [-0.1, -0.05) is 0 Å². The van der Waals surface area contributed by atoms with Crippen LogP contribution in [0.3, 0.4) is 0 Å². The number of aromatic hydroxyl groups is 1. The molecule has 0 spiro atoms. The molecule has 1 amide bonds. The molecule has 0 atom stereocenters. The number of hydrogen-bond donors (Lipinski definition) is 2. The van der Waals surface area contributed by atoms with Gasteiger partial charge in [0.15, 0.2) is 11.4 Å². The fraction of sp³-hybridized carbons (Fsp3) is 0.364. The number of hydrogen-bond acceptors (Lipinski definition) is 5. The second-order valence-corrected chi connectivity index (χ2v) is 4.50. The van der Waals surface area contributed by atoms with Crippen LogP contribution in [0.25, 0.3) is 0 Å². The minimum atomic E-state index is -1.42. The number of carbonyl (C=O) groups excluding carboxylic acids is 1. The van der Waals surface area contributed by atoms with Crippen molar-refractivity contribution in [2.24, 2.45) is 0 Å². The number of rotatable bonds is 1. The number of nitrogens with zero attached hydrogens (tertiary/aromatic N) is 3. The van der Waals surface area contributed by atoms with Gasteiger partial charge in [0, 0.05) is 19.3 Å². The van der Waals surface area contributed by atoms with Gasteiger partial charge in [-0.3, -0.25) is 14.6 Å². The first-order chi connectivity index (χ1) is 9.00. The monoisotopic (exact) mass is 265 g/mol. The number of aromatic carboxylic acids is 1. The van der Waals surface area contributed by atoms with E-state index in [9.17, 15) is 19.5 Å². The number of carboxylic acid groups (broad SMARTS) is 1. The summed E-state index contributed by atoms with van der Waals surface area (Å²) in [4.78, 5) is 34.8. The first kappa shape index (κ1) is 11.7. The van der Waals surface area contributed by atoms with Crippen LogP contribution in [0, 0.1) is 0 Å². The van der Waals surface area contributed by atoms with Gasteiger partial charge in [0.1, 0.15) is 5.56 Å². The van der Waals surface area contributed by atoms with Gasteiger partial charge in [-0.2, -0.15) is 5.01 Å². The summed E-state index contributed by atoms with van der Waals surface area (Å²) in [6, 6.07) is 0. The molecule has 0 unspecified atom stereocenters. The van der Waals surface area contributed by atoms with Gasteiger partial charge < -0.3 is 14.8 Å². The van der Waals surface area contributed by atoms with Crippen molar-refractivity contribution < 1.29 is 19.8 Å². The second kappa shape index (κ2) is 3.82. The van der Waals surface area contributed by atoms with Gasteiger partial charge in [0.05, 0.1) is 6.67 Å². The summed E-state index contributed by atoms with van der Waals surface area (Å²) in [7, 11) is 0. The molecule has 0 bridgehead atoms. The fourth-order valence-electron chi connectivity index (χ4n) is 2.48. The first-order valence-corrected chi connectivity index (χ1v) is 5.77. The van der Waals surface area contributed by atoms with Gasteiger partial charge in [-0.05, 0) is 6.42 Å². The maximum atomic E-state index is 12.2. The Morgan fingerprint density at radius 2 is 2.00 bits per heavy atom. The van der Waals surface area contributed by atoms with Gasteiger partial charge in [-0.15, -0.1) is 0 Å². The third-order valence-corrected chi connectivity index (χ3v) is 3.37. The lowest BCUT2D eigenvalue weighted by Gasteiger charge is -2.34. The van der Waals surface area contributed by atoms with E-state index in [1.54, 1.807) is 5.01 Å². The first-order valence-electron chi connectivity index (χ1n) is 5.77. The number of amides is 1. The largest absolute Gasteiger partial charge is 0.503 e. The van der Waals surface area contributed by atoms with Gasteiger partial charge in [0.2, 0.25) is 5.43 Å². The van der Waals surface area contributed by atoms with E-state index in [0.717, 1.165) is 12.6 Å². The molecule has 2 aliphatic heterocycles. The number of carbonyl (C=O) groups is 2. The molecule has 0 aromatic carbocycles. The van der Waals surface area contributed by atoms with Crippen molar-refractivity contribution >= 4 is 11.9 Å². The van der Waals surface area contributed by atoms with Gasteiger partial charge in [0.25, 0.3) is 5.91 Å². The Labute approximate surface area is 107 Å². The summed E-state index contributed by atoms with van der Waals surface area (Å²) in [5.74, 6) is -2.70. The Morgan fingerprint density at radius 3 is 2.68 bits per heavy atom. The number of aromatic nitrogens is 1. The molecule has 8 nitrogen and oxygen atoms in total.